The summed E-state index contributed by atoms with van der Waals surface area (Å²) in [6, 6.07) is 5.54. The minimum atomic E-state index is -0.0894. The van der Waals surface area contributed by atoms with Crippen LogP contribution in [0.25, 0.3) is 0 Å². The first-order chi connectivity index (χ1) is 10.5. The lowest BCUT2D eigenvalue weighted by atomic mass is 10.3. The van der Waals surface area contributed by atoms with Gasteiger partial charge in [0.05, 0.1) is 10.6 Å². The van der Waals surface area contributed by atoms with Gasteiger partial charge in [-0.3, -0.25) is 9.69 Å². The second-order valence-electron chi connectivity index (χ2n) is 4.73. The average Bonchev–Trinajstić information content (AvgIpc) is 2.96. The fourth-order valence-electron chi connectivity index (χ4n) is 2.24. The second-order valence-corrected chi connectivity index (χ2v) is 6.84. The summed E-state index contributed by atoms with van der Waals surface area (Å²) < 4.78 is 6.39. The van der Waals surface area contributed by atoms with E-state index in [1.165, 1.54) is 16.7 Å². The van der Waals surface area contributed by atoms with Crippen LogP contribution in [0.3, 0.4) is 0 Å². The molecule has 0 atom stereocenters. The first-order valence-corrected chi connectivity index (χ1v) is 8.28. The van der Waals surface area contributed by atoms with Gasteiger partial charge >= 0.3 is 0 Å². The quantitative estimate of drug-likeness (QED) is 0.597. The van der Waals surface area contributed by atoms with Crippen LogP contribution in [0.1, 0.15) is 6.92 Å². The van der Waals surface area contributed by atoms with Crippen LogP contribution in [0.2, 0.25) is 5.02 Å². The molecule has 0 bridgehead atoms. The van der Waals surface area contributed by atoms with E-state index in [-0.39, 0.29) is 5.91 Å². The number of rotatable bonds is 2. The largest absolute Gasteiger partial charge is 0.439 e. The molecule has 22 heavy (non-hydrogen) atoms. The Labute approximate surface area is 143 Å². The van der Waals surface area contributed by atoms with Gasteiger partial charge in [0.15, 0.2) is 5.75 Å². The maximum atomic E-state index is 12.0. The number of thiocarbonyl (C=S) groups is 1. The van der Waals surface area contributed by atoms with Crippen molar-refractivity contribution in [3.8, 4) is 5.75 Å². The predicted molar refractivity (Wildman–Crippen MR) is 94.2 cm³/mol. The average molecular weight is 353 g/mol. The van der Waals surface area contributed by atoms with Crippen molar-refractivity contribution < 1.29 is 9.53 Å². The molecule has 0 aliphatic carbocycles. The summed E-state index contributed by atoms with van der Waals surface area (Å²) in [5.41, 5.74) is 0.967. The summed E-state index contributed by atoms with van der Waals surface area (Å²) in [4.78, 5) is 16.1. The normalized spacial score (nSPS) is 21.0. The highest BCUT2D eigenvalue weighted by Gasteiger charge is 2.29. The van der Waals surface area contributed by atoms with Crippen LogP contribution in [-0.4, -0.2) is 28.7 Å². The maximum Gasteiger partial charge on any atom is 0.265 e. The van der Waals surface area contributed by atoms with Crippen molar-refractivity contribution in [2.24, 2.45) is 0 Å². The van der Waals surface area contributed by atoms with Crippen LogP contribution in [0.15, 0.2) is 41.1 Å². The Kier molecular flexibility index (Phi) is 4.16. The van der Waals surface area contributed by atoms with E-state index in [0.29, 0.717) is 20.1 Å². The topological polar surface area (TPSA) is 32.8 Å². The number of carbonyl (C=O) groups excluding carboxylic acids is 1. The predicted octanol–water partition coefficient (Wildman–Crippen LogP) is 3.77. The number of ether oxygens (including phenoxy) is 1. The minimum Gasteiger partial charge on any atom is -0.439 e. The molecule has 2 heterocycles. The van der Waals surface area contributed by atoms with Crippen molar-refractivity contribution in [1.82, 2.24) is 4.90 Å². The standard InChI is InChI=1S/C15H13ClN2O2S2/c1-3-18-10-5-4-9(16)8-11(10)20-13(18)7-6-12-14(19)17(2)15(21)22-12/h4-8H,3H2,1-2H3/b12-6+,13-7-. The van der Waals surface area contributed by atoms with Gasteiger partial charge in [-0.2, -0.15) is 0 Å². The lowest BCUT2D eigenvalue weighted by molar-refractivity contribution is -0.121. The third-order valence-electron chi connectivity index (χ3n) is 3.37. The molecule has 2 aliphatic rings. The molecule has 0 unspecified atom stereocenters. The number of benzene rings is 1. The number of carbonyl (C=O) groups is 1. The Morgan fingerprint density at radius 3 is 2.82 bits per heavy atom. The van der Waals surface area contributed by atoms with Gasteiger partial charge in [0.2, 0.25) is 5.88 Å². The van der Waals surface area contributed by atoms with Crippen molar-refractivity contribution in [2.45, 2.75) is 6.92 Å². The molecule has 1 aromatic rings. The van der Waals surface area contributed by atoms with Crippen molar-refractivity contribution in [3.63, 3.8) is 0 Å². The van der Waals surface area contributed by atoms with Crippen LogP contribution in [-0.2, 0) is 4.79 Å². The highest BCUT2D eigenvalue weighted by atomic mass is 35.5. The molecule has 0 N–H and O–H groups in total. The number of nitrogens with zero attached hydrogens (tertiary/aromatic N) is 2. The molecule has 1 fully saturated rings. The Morgan fingerprint density at radius 1 is 1.41 bits per heavy atom. The Balaban J connectivity index is 1.90. The third-order valence-corrected chi connectivity index (χ3v) is 5.11. The molecule has 0 saturated carbocycles. The first kappa shape index (κ1) is 15.4. The molecule has 1 amide bonds. The Morgan fingerprint density at radius 2 is 2.18 bits per heavy atom. The van der Waals surface area contributed by atoms with Gasteiger partial charge in [0.1, 0.15) is 4.32 Å². The number of hydrogen-bond acceptors (Lipinski definition) is 5. The lowest BCUT2D eigenvalue weighted by Crippen LogP contribution is -2.22. The molecule has 3 rings (SSSR count). The number of fused-ring (bicyclic) bond motifs is 1. The number of likely N-dealkylation sites (N-methyl/N-ethyl adjacent to an activating group) is 1. The number of thioether (sulfide) groups is 1. The van der Waals surface area contributed by atoms with Crippen LogP contribution in [0, 0.1) is 0 Å². The van der Waals surface area contributed by atoms with Crippen LogP contribution < -0.4 is 9.64 Å². The summed E-state index contributed by atoms with van der Waals surface area (Å²) in [6.45, 7) is 2.79. The number of allylic oxidation sites excluding steroid dienone is 2. The van der Waals surface area contributed by atoms with Crippen LogP contribution in [0.5, 0.6) is 5.75 Å². The third kappa shape index (κ3) is 2.62. The van der Waals surface area contributed by atoms with Crippen LogP contribution in [0.4, 0.5) is 5.69 Å². The molecule has 2 aliphatic heterocycles. The van der Waals surface area contributed by atoms with Gasteiger partial charge in [-0.1, -0.05) is 35.6 Å². The van der Waals surface area contributed by atoms with E-state index in [4.69, 9.17) is 28.6 Å². The van der Waals surface area contributed by atoms with Gasteiger partial charge < -0.3 is 9.64 Å². The second kappa shape index (κ2) is 5.95. The van der Waals surface area contributed by atoms with E-state index < -0.39 is 0 Å². The summed E-state index contributed by atoms with van der Waals surface area (Å²) in [7, 11) is 1.67. The van der Waals surface area contributed by atoms with E-state index in [9.17, 15) is 4.79 Å². The molecular formula is C15H13ClN2O2S2. The smallest absolute Gasteiger partial charge is 0.265 e. The Bertz CT molecular complexity index is 730. The minimum absolute atomic E-state index is 0.0894. The molecule has 1 aromatic carbocycles. The molecule has 7 heteroatoms. The van der Waals surface area contributed by atoms with Crippen molar-refractivity contribution >= 4 is 51.5 Å². The fraction of sp³-hybridized carbons (Fsp3) is 0.200. The van der Waals surface area contributed by atoms with E-state index in [2.05, 4.69) is 0 Å². The van der Waals surface area contributed by atoms with Gasteiger partial charge in [0.25, 0.3) is 5.91 Å². The molecule has 0 aromatic heterocycles. The Hall–Kier alpha value is -1.50. The number of amides is 1. The molecule has 1 saturated heterocycles. The molecule has 0 spiro atoms. The van der Waals surface area contributed by atoms with Gasteiger partial charge in [0, 0.05) is 30.8 Å². The van der Waals surface area contributed by atoms with Crippen molar-refractivity contribution in [2.75, 3.05) is 18.5 Å². The van der Waals surface area contributed by atoms with Gasteiger partial charge in [-0.15, -0.1) is 0 Å². The van der Waals surface area contributed by atoms with Gasteiger partial charge in [-0.05, 0) is 25.1 Å². The van der Waals surface area contributed by atoms with Gasteiger partial charge in [-0.25, -0.2) is 0 Å². The number of hydrogen-bond donors (Lipinski definition) is 0. The van der Waals surface area contributed by atoms with Crippen LogP contribution >= 0.6 is 35.6 Å². The highest BCUT2D eigenvalue weighted by molar-refractivity contribution is 8.26. The van der Waals surface area contributed by atoms with Crippen molar-refractivity contribution in [1.29, 1.82) is 0 Å². The zero-order valence-electron chi connectivity index (χ0n) is 12.0. The fourth-order valence-corrected chi connectivity index (χ4v) is 3.52. The number of halogens is 1. The summed E-state index contributed by atoms with van der Waals surface area (Å²) >= 11 is 12.4. The van der Waals surface area contributed by atoms with E-state index in [1.807, 2.05) is 24.0 Å². The zero-order chi connectivity index (χ0) is 15.9. The molecule has 0 radical (unpaired) electrons. The summed E-state index contributed by atoms with van der Waals surface area (Å²) in [5.74, 6) is 1.30. The van der Waals surface area contributed by atoms with E-state index >= 15 is 0 Å². The lowest BCUT2D eigenvalue weighted by Gasteiger charge is -2.14. The summed E-state index contributed by atoms with van der Waals surface area (Å²) in [5, 5.41) is 0.628. The molecular weight excluding hydrogens is 340 g/mol. The maximum absolute atomic E-state index is 12.0. The zero-order valence-corrected chi connectivity index (χ0v) is 14.4. The first-order valence-electron chi connectivity index (χ1n) is 6.68. The van der Waals surface area contributed by atoms with E-state index in [1.54, 1.807) is 25.3 Å². The highest BCUT2D eigenvalue weighted by Crippen LogP contribution is 2.40. The summed E-state index contributed by atoms with van der Waals surface area (Å²) in [6.07, 6.45) is 3.54. The molecule has 114 valence electrons. The monoisotopic (exact) mass is 352 g/mol. The number of anilines is 1. The van der Waals surface area contributed by atoms with E-state index in [0.717, 1.165) is 18.0 Å². The van der Waals surface area contributed by atoms with Crippen molar-refractivity contribution in [3.05, 3.63) is 46.2 Å². The SMILES string of the molecule is CCN1/C(=C/C=C2/SC(=S)N(C)C2=O)Oc2cc(Cl)ccc21. The molecule has 4 nitrogen and oxygen atoms in total.